The summed E-state index contributed by atoms with van der Waals surface area (Å²) in [5.41, 5.74) is 8.31. The predicted octanol–water partition coefficient (Wildman–Crippen LogP) is 3.37. The lowest BCUT2D eigenvalue weighted by Crippen LogP contribution is -2.33. The zero-order chi connectivity index (χ0) is 22.8. The Morgan fingerprint density at radius 1 is 1.44 bits per heavy atom. The molecule has 0 bridgehead atoms. The largest absolute Gasteiger partial charge is 0.467 e. The zero-order valence-electron chi connectivity index (χ0n) is 17.7. The summed E-state index contributed by atoms with van der Waals surface area (Å²) in [7, 11) is 1.72. The van der Waals surface area contributed by atoms with Crippen LogP contribution in [0.5, 0.6) is 5.88 Å². The van der Waals surface area contributed by atoms with Gasteiger partial charge in [0, 0.05) is 24.2 Å². The molecule has 2 N–H and O–H groups in total. The molecule has 0 spiro atoms. The summed E-state index contributed by atoms with van der Waals surface area (Å²) in [6.45, 7) is 2.18. The van der Waals surface area contributed by atoms with E-state index in [2.05, 4.69) is 37.1 Å². The molecule has 0 radical (unpaired) electrons. The smallest absolute Gasteiger partial charge is 0.258 e. The molecule has 2 heterocycles. The Morgan fingerprint density at radius 3 is 2.88 bits per heavy atom. The first kappa shape index (κ1) is 21.8. The maximum absolute atomic E-state index is 13.6. The van der Waals surface area contributed by atoms with Crippen LogP contribution in [0.25, 0.3) is 0 Å². The molecule has 1 aliphatic carbocycles. The molecule has 3 aromatic rings. The second-order valence-electron chi connectivity index (χ2n) is 7.65. The number of aryl methyl sites for hydroxylation is 1. The summed E-state index contributed by atoms with van der Waals surface area (Å²) in [6, 6.07) is 11.3. The molecule has 0 saturated heterocycles. The third-order valence-corrected chi connectivity index (χ3v) is 5.66. The lowest BCUT2D eigenvalue weighted by atomic mass is 10.0. The molecule has 9 nitrogen and oxygen atoms in total. The number of nitriles is 1. The quantitative estimate of drug-likeness (QED) is 0.532. The lowest BCUT2D eigenvalue weighted by molar-refractivity contribution is 0.0722. The van der Waals surface area contributed by atoms with Crippen molar-refractivity contribution in [3.8, 4) is 11.9 Å². The summed E-state index contributed by atoms with van der Waals surface area (Å²) in [4.78, 5) is 23.7. The van der Waals surface area contributed by atoms with Gasteiger partial charge in [-0.25, -0.2) is 9.97 Å². The van der Waals surface area contributed by atoms with Crippen LogP contribution >= 0.6 is 15.9 Å². The van der Waals surface area contributed by atoms with E-state index in [1.165, 1.54) is 10.9 Å². The number of carbonyl (C=O) groups excluding carboxylic acids is 1. The molecule has 4 rings (SSSR count). The third kappa shape index (κ3) is 4.57. The highest BCUT2D eigenvalue weighted by Gasteiger charge is 2.35. The van der Waals surface area contributed by atoms with Crippen LogP contribution in [0.4, 0.5) is 5.82 Å². The Morgan fingerprint density at radius 2 is 2.19 bits per heavy atom. The fourth-order valence-electron chi connectivity index (χ4n) is 3.52. The number of aromatic nitrogens is 4. The second kappa shape index (κ2) is 8.96. The van der Waals surface area contributed by atoms with Crippen LogP contribution < -0.4 is 10.5 Å². The molecule has 1 aromatic carbocycles. The predicted molar refractivity (Wildman–Crippen MR) is 120 cm³/mol. The molecule has 10 heteroatoms. The Kier molecular flexibility index (Phi) is 6.10. The van der Waals surface area contributed by atoms with Crippen LogP contribution in [-0.2, 0) is 13.6 Å². The summed E-state index contributed by atoms with van der Waals surface area (Å²) in [5.74, 6) is 0.272. The molecule has 1 atom stereocenters. The standard InChI is InChI=1S/C22H22BrN7O2/c1-13(32-21-20(25)26-11-19(23)27-21)17-5-3-4-6-18(17)22(31)30(15-7-8-15)12-14-9-16(10-24)29(2)28-14/h3-6,9,11,13,15H,7-8,12H2,1-2H3,(H2,25,26)/t13-/m1/s1. The molecule has 164 valence electrons. The van der Waals surface area contributed by atoms with E-state index in [-0.39, 0.29) is 23.6 Å². The van der Waals surface area contributed by atoms with Gasteiger partial charge in [0.1, 0.15) is 22.5 Å². The van der Waals surface area contributed by atoms with Crippen molar-refractivity contribution in [2.45, 2.75) is 38.5 Å². The van der Waals surface area contributed by atoms with Gasteiger partial charge in [0.15, 0.2) is 5.82 Å². The normalized spacial score (nSPS) is 13.9. The van der Waals surface area contributed by atoms with E-state index in [9.17, 15) is 10.1 Å². The van der Waals surface area contributed by atoms with Crippen LogP contribution in [0.15, 0.2) is 41.1 Å². The van der Waals surface area contributed by atoms with Crippen molar-refractivity contribution in [3.63, 3.8) is 0 Å². The number of hydrogen-bond acceptors (Lipinski definition) is 7. The zero-order valence-corrected chi connectivity index (χ0v) is 19.3. The van der Waals surface area contributed by atoms with Crippen LogP contribution in [0.2, 0.25) is 0 Å². The monoisotopic (exact) mass is 495 g/mol. The molecule has 1 saturated carbocycles. The van der Waals surface area contributed by atoms with Gasteiger partial charge in [0.2, 0.25) is 0 Å². The van der Waals surface area contributed by atoms with Gasteiger partial charge in [-0.15, -0.1) is 0 Å². The van der Waals surface area contributed by atoms with Crippen LogP contribution in [-0.4, -0.2) is 36.6 Å². The minimum absolute atomic E-state index is 0.101. The van der Waals surface area contributed by atoms with Crippen molar-refractivity contribution in [2.24, 2.45) is 7.05 Å². The molecular weight excluding hydrogens is 474 g/mol. The Balaban J connectivity index is 1.60. The first-order chi connectivity index (χ1) is 15.4. The molecule has 1 fully saturated rings. The van der Waals surface area contributed by atoms with Gasteiger partial charge in [-0.05, 0) is 47.8 Å². The molecule has 2 aromatic heterocycles. The number of halogens is 1. The van der Waals surface area contributed by atoms with Crippen LogP contribution in [0.3, 0.4) is 0 Å². The van der Waals surface area contributed by atoms with Crippen molar-refractivity contribution >= 4 is 27.7 Å². The van der Waals surface area contributed by atoms with E-state index in [0.29, 0.717) is 28.1 Å². The summed E-state index contributed by atoms with van der Waals surface area (Å²) in [6.07, 6.45) is 2.90. The Labute approximate surface area is 194 Å². The third-order valence-electron chi connectivity index (χ3n) is 5.28. The van der Waals surface area contributed by atoms with E-state index in [4.69, 9.17) is 10.5 Å². The number of ether oxygens (including phenoxy) is 1. The minimum atomic E-state index is -0.484. The van der Waals surface area contributed by atoms with Crippen molar-refractivity contribution in [1.29, 1.82) is 5.26 Å². The van der Waals surface area contributed by atoms with Gasteiger partial charge < -0.3 is 15.4 Å². The highest BCUT2D eigenvalue weighted by atomic mass is 79.9. The number of hydrogen-bond donors (Lipinski definition) is 1. The number of rotatable bonds is 7. The highest BCUT2D eigenvalue weighted by molar-refractivity contribution is 9.10. The topological polar surface area (TPSA) is 123 Å². The lowest BCUT2D eigenvalue weighted by Gasteiger charge is -2.24. The first-order valence-electron chi connectivity index (χ1n) is 10.1. The van der Waals surface area contributed by atoms with E-state index in [0.717, 1.165) is 18.4 Å². The Bertz CT molecular complexity index is 1200. The fraction of sp³-hybridized carbons (Fsp3) is 0.318. The first-order valence-corrected chi connectivity index (χ1v) is 10.9. The maximum Gasteiger partial charge on any atom is 0.258 e. The fourth-order valence-corrected chi connectivity index (χ4v) is 3.78. The van der Waals surface area contributed by atoms with Gasteiger partial charge in [0.25, 0.3) is 11.8 Å². The summed E-state index contributed by atoms with van der Waals surface area (Å²) < 4.78 is 7.99. The molecule has 1 aliphatic rings. The average molecular weight is 496 g/mol. The number of nitrogen functional groups attached to an aromatic ring is 1. The summed E-state index contributed by atoms with van der Waals surface area (Å²) >= 11 is 3.27. The van der Waals surface area contributed by atoms with Crippen LogP contribution in [0.1, 0.15) is 53.2 Å². The molecule has 0 unspecified atom stereocenters. The molecular formula is C22H22BrN7O2. The summed E-state index contributed by atoms with van der Waals surface area (Å²) in [5, 5.41) is 13.6. The molecule has 0 aliphatic heterocycles. The number of amides is 1. The van der Waals surface area contributed by atoms with Gasteiger partial charge in [0.05, 0.1) is 18.4 Å². The van der Waals surface area contributed by atoms with Gasteiger partial charge in [-0.2, -0.15) is 10.4 Å². The SMILES string of the molecule is C[C@@H](Oc1nc(Br)cnc1N)c1ccccc1C(=O)N(Cc1cc(C#N)n(C)n1)C1CC1. The van der Waals surface area contributed by atoms with Crippen LogP contribution in [0, 0.1) is 11.3 Å². The molecule has 1 amide bonds. The van der Waals surface area contributed by atoms with Gasteiger partial charge >= 0.3 is 0 Å². The number of benzene rings is 1. The second-order valence-corrected chi connectivity index (χ2v) is 8.46. The minimum Gasteiger partial charge on any atom is -0.467 e. The maximum atomic E-state index is 13.6. The Hall–Kier alpha value is -3.45. The number of nitrogens with two attached hydrogens (primary N) is 1. The van der Waals surface area contributed by atoms with E-state index < -0.39 is 6.10 Å². The van der Waals surface area contributed by atoms with Crippen molar-refractivity contribution in [3.05, 3.63) is 63.6 Å². The number of nitrogens with zero attached hydrogens (tertiary/aromatic N) is 6. The van der Waals surface area contributed by atoms with Gasteiger partial charge in [-0.3, -0.25) is 9.48 Å². The van der Waals surface area contributed by atoms with Crippen molar-refractivity contribution in [2.75, 3.05) is 5.73 Å². The van der Waals surface area contributed by atoms with Crippen molar-refractivity contribution < 1.29 is 9.53 Å². The van der Waals surface area contributed by atoms with E-state index in [1.807, 2.05) is 30.0 Å². The van der Waals surface area contributed by atoms with Crippen molar-refractivity contribution in [1.82, 2.24) is 24.6 Å². The highest BCUT2D eigenvalue weighted by Crippen LogP contribution is 2.32. The van der Waals surface area contributed by atoms with Gasteiger partial charge in [-0.1, -0.05) is 18.2 Å². The average Bonchev–Trinajstić information content (AvgIpc) is 3.56. The number of carbonyl (C=O) groups is 1. The number of anilines is 1. The molecule has 32 heavy (non-hydrogen) atoms. The van der Waals surface area contributed by atoms with E-state index in [1.54, 1.807) is 19.2 Å². The van der Waals surface area contributed by atoms with E-state index >= 15 is 0 Å².